The van der Waals surface area contributed by atoms with Crippen molar-refractivity contribution in [1.29, 1.82) is 5.26 Å². The first kappa shape index (κ1) is 19.4. The summed E-state index contributed by atoms with van der Waals surface area (Å²) in [6.45, 7) is 2.68. The van der Waals surface area contributed by atoms with Gasteiger partial charge in [-0.3, -0.25) is 4.79 Å². The number of rotatable bonds is 4. The number of hydrogen-bond acceptors (Lipinski definition) is 6. The lowest BCUT2D eigenvalue weighted by Gasteiger charge is -2.27. The number of hydrogen-bond donors (Lipinski definition) is 1. The molecule has 158 valence electrons. The van der Waals surface area contributed by atoms with Crippen LogP contribution in [0.15, 0.2) is 36.7 Å². The molecule has 2 aliphatic heterocycles. The van der Waals surface area contributed by atoms with Crippen LogP contribution in [0.25, 0.3) is 10.9 Å². The molecule has 1 unspecified atom stereocenters. The first-order valence-electron chi connectivity index (χ1n) is 10.3. The molecule has 2 aliphatic rings. The molecule has 1 saturated heterocycles. The van der Waals surface area contributed by atoms with Crippen LogP contribution in [0.2, 0.25) is 0 Å². The topological polar surface area (TPSA) is 92.4 Å². The number of nitriles is 1. The third kappa shape index (κ3) is 3.47. The SMILES string of the molecule is COc1ccc2c(c1)c(C1Cc3c(C#N)ccnc3N1)cn2CC(=O)N1CCOCC1. The zero-order valence-corrected chi connectivity index (χ0v) is 17.3. The van der Waals surface area contributed by atoms with E-state index in [1.54, 1.807) is 19.4 Å². The Morgan fingerprint density at radius 2 is 2.19 bits per heavy atom. The Morgan fingerprint density at radius 3 is 2.97 bits per heavy atom. The monoisotopic (exact) mass is 417 g/mol. The number of carbonyl (C=O) groups excluding carboxylic acids is 1. The molecule has 5 rings (SSSR count). The van der Waals surface area contributed by atoms with Crippen LogP contribution < -0.4 is 10.1 Å². The largest absolute Gasteiger partial charge is 0.497 e. The molecule has 8 nitrogen and oxygen atoms in total. The molecule has 1 atom stereocenters. The summed E-state index contributed by atoms with van der Waals surface area (Å²) in [5.41, 5.74) is 3.61. The quantitative estimate of drug-likeness (QED) is 0.701. The van der Waals surface area contributed by atoms with Gasteiger partial charge in [-0.2, -0.15) is 5.26 Å². The van der Waals surface area contributed by atoms with Gasteiger partial charge in [0, 0.05) is 53.9 Å². The molecular weight excluding hydrogens is 394 g/mol. The van der Waals surface area contributed by atoms with Gasteiger partial charge in [0.05, 0.1) is 38.0 Å². The van der Waals surface area contributed by atoms with E-state index in [4.69, 9.17) is 9.47 Å². The van der Waals surface area contributed by atoms with Gasteiger partial charge >= 0.3 is 0 Å². The molecule has 2 aromatic heterocycles. The maximum atomic E-state index is 12.9. The van der Waals surface area contributed by atoms with Gasteiger partial charge in [-0.1, -0.05) is 0 Å². The summed E-state index contributed by atoms with van der Waals surface area (Å²) < 4.78 is 12.8. The highest BCUT2D eigenvalue weighted by Crippen LogP contribution is 2.39. The standard InChI is InChI=1S/C23H23N5O3/c1-30-16-2-3-21-18(10-16)19(13-28(21)14-22(29)27-6-8-31-9-7-27)20-11-17-15(12-24)4-5-25-23(17)26-20/h2-5,10,13,20H,6-9,11,14H2,1H3,(H,25,26). The zero-order valence-electron chi connectivity index (χ0n) is 17.3. The Bertz CT molecular complexity index is 1190. The first-order valence-corrected chi connectivity index (χ1v) is 10.3. The highest BCUT2D eigenvalue weighted by molar-refractivity contribution is 5.88. The average Bonchev–Trinajstić information content (AvgIpc) is 3.40. The van der Waals surface area contributed by atoms with Gasteiger partial charge in [-0.25, -0.2) is 4.98 Å². The van der Waals surface area contributed by atoms with E-state index in [2.05, 4.69) is 16.4 Å². The lowest BCUT2D eigenvalue weighted by atomic mass is 10.0. The molecule has 0 aliphatic carbocycles. The molecule has 1 N–H and O–H groups in total. The van der Waals surface area contributed by atoms with Crippen LogP contribution in [-0.4, -0.2) is 53.8 Å². The van der Waals surface area contributed by atoms with Crippen LogP contribution >= 0.6 is 0 Å². The number of pyridine rings is 1. The van der Waals surface area contributed by atoms with Gasteiger partial charge in [-0.15, -0.1) is 0 Å². The Morgan fingerprint density at radius 1 is 1.35 bits per heavy atom. The fraction of sp³-hybridized carbons (Fsp3) is 0.348. The highest BCUT2D eigenvalue weighted by atomic mass is 16.5. The van der Waals surface area contributed by atoms with E-state index in [0.717, 1.165) is 33.6 Å². The van der Waals surface area contributed by atoms with Crippen molar-refractivity contribution in [2.45, 2.75) is 19.0 Å². The molecule has 3 aromatic rings. The molecule has 8 heteroatoms. The van der Waals surface area contributed by atoms with Gasteiger partial charge in [0.25, 0.3) is 0 Å². The summed E-state index contributed by atoms with van der Waals surface area (Å²) in [6, 6.07) is 9.87. The number of methoxy groups -OCH3 is 1. The summed E-state index contributed by atoms with van der Waals surface area (Å²) in [6.07, 6.45) is 4.36. The van der Waals surface area contributed by atoms with Gasteiger partial charge in [0.15, 0.2) is 0 Å². The number of ether oxygens (including phenoxy) is 2. The summed E-state index contributed by atoms with van der Waals surface area (Å²) in [5.74, 6) is 1.59. The number of nitrogens with one attached hydrogen (secondary N) is 1. The Kier molecular flexibility index (Phi) is 4.96. The number of carbonyl (C=O) groups is 1. The maximum absolute atomic E-state index is 12.9. The van der Waals surface area contributed by atoms with E-state index < -0.39 is 0 Å². The van der Waals surface area contributed by atoms with Crippen LogP contribution in [0.5, 0.6) is 5.75 Å². The third-order valence-electron chi connectivity index (χ3n) is 6.06. The van der Waals surface area contributed by atoms with Crippen molar-refractivity contribution in [2.75, 3.05) is 38.7 Å². The average molecular weight is 417 g/mol. The van der Waals surface area contributed by atoms with E-state index in [9.17, 15) is 10.1 Å². The van der Waals surface area contributed by atoms with Crippen LogP contribution in [0.4, 0.5) is 5.82 Å². The molecule has 0 bridgehead atoms. The number of benzene rings is 1. The molecule has 4 heterocycles. The van der Waals surface area contributed by atoms with E-state index >= 15 is 0 Å². The van der Waals surface area contributed by atoms with Crippen LogP contribution in [-0.2, 0) is 22.5 Å². The van der Waals surface area contributed by atoms with Crippen molar-refractivity contribution in [1.82, 2.24) is 14.5 Å². The Hall–Kier alpha value is -3.57. The number of amides is 1. The van der Waals surface area contributed by atoms with Crippen molar-refractivity contribution < 1.29 is 14.3 Å². The summed E-state index contributed by atoms with van der Waals surface area (Å²) >= 11 is 0. The van der Waals surface area contributed by atoms with Crippen molar-refractivity contribution in [3.8, 4) is 11.8 Å². The second kappa shape index (κ2) is 7.93. The van der Waals surface area contributed by atoms with Gasteiger partial charge in [0.1, 0.15) is 18.1 Å². The predicted molar refractivity (Wildman–Crippen MR) is 115 cm³/mol. The van der Waals surface area contributed by atoms with E-state index in [1.165, 1.54) is 0 Å². The van der Waals surface area contributed by atoms with E-state index in [-0.39, 0.29) is 18.5 Å². The zero-order chi connectivity index (χ0) is 21.4. The Balaban J connectivity index is 1.51. The summed E-state index contributed by atoms with van der Waals surface area (Å²) in [4.78, 5) is 19.1. The van der Waals surface area contributed by atoms with Gasteiger partial charge < -0.3 is 24.3 Å². The smallest absolute Gasteiger partial charge is 0.242 e. The fourth-order valence-corrected chi connectivity index (χ4v) is 4.43. The normalized spacial score (nSPS) is 17.8. The minimum Gasteiger partial charge on any atom is -0.497 e. The Labute approximate surface area is 180 Å². The number of aromatic nitrogens is 2. The first-order chi connectivity index (χ1) is 15.2. The van der Waals surface area contributed by atoms with Crippen molar-refractivity contribution >= 4 is 22.6 Å². The maximum Gasteiger partial charge on any atom is 0.242 e. The molecule has 1 aromatic carbocycles. The van der Waals surface area contributed by atoms with E-state index in [0.29, 0.717) is 38.3 Å². The summed E-state index contributed by atoms with van der Waals surface area (Å²) in [5, 5.41) is 13.9. The summed E-state index contributed by atoms with van der Waals surface area (Å²) in [7, 11) is 1.65. The minimum atomic E-state index is -0.0358. The van der Waals surface area contributed by atoms with Crippen LogP contribution in [0, 0.1) is 11.3 Å². The predicted octanol–water partition coefficient (Wildman–Crippen LogP) is 2.48. The lowest BCUT2D eigenvalue weighted by molar-refractivity contribution is -0.135. The van der Waals surface area contributed by atoms with Crippen molar-refractivity contribution in [3.05, 3.63) is 53.3 Å². The fourth-order valence-electron chi connectivity index (χ4n) is 4.43. The molecule has 31 heavy (non-hydrogen) atoms. The second-order valence-corrected chi connectivity index (χ2v) is 7.79. The second-order valence-electron chi connectivity index (χ2n) is 7.79. The molecule has 0 saturated carbocycles. The van der Waals surface area contributed by atoms with Crippen molar-refractivity contribution in [2.24, 2.45) is 0 Å². The van der Waals surface area contributed by atoms with Crippen molar-refractivity contribution in [3.63, 3.8) is 0 Å². The van der Waals surface area contributed by atoms with Crippen LogP contribution in [0.3, 0.4) is 0 Å². The minimum absolute atomic E-state index is 0.0358. The molecule has 1 amide bonds. The van der Waals surface area contributed by atoms with Gasteiger partial charge in [-0.05, 0) is 24.3 Å². The number of morpholine rings is 1. The molecular formula is C23H23N5O3. The molecule has 1 fully saturated rings. The third-order valence-corrected chi connectivity index (χ3v) is 6.06. The van der Waals surface area contributed by atoms with E-state index in [1.807, 2.05) is 33.9 Å². The molecule has 0 radical (unpaired) electrons. The number of nitrogens with zero attached hydrogens (tertiary/aromatic N) is 4. The molecule has 0 spiro atoms. The number of fused-ring (bicyclic) bond motifs is 2. The van der Waals surface area contributed by atoms with Crippen LogP contribution in [0.1, 0.15) is 22.7 Å². The highest BCUT2D eigenvalue weighted by Gasteiger charge is 2.29. The lowest BCUT2D eigenvalue weighted by Crippen LogP contribution is -2.42. The number of anilines is 1. The van der Waals surface area contributed by atoms with Gasteiger partial charge in [0.2, 0.25) is 5.91 Å².